The average molecular weight is 396 g/mol. The lowest BCUT2D eigenvalue weighted by atomic mass is 10.1. The van der Waals surface area contributed by atoms with E-state index in [-0.39, 0.29) is 18.1 Å². The Labute approximate surface area is 167 Å². The molecule has 3 aromatic carbocycles. The van der Waals surface area contributed by atoms with Crippen molar-refractivity contribution in [2.24, 2.45) is 0 Å². The van der Waals surface area contributed by atoms with E-state index in [0.29, 0.717) is 22.0 Å². The molecule has 3 aromatic rings. The second-order valence-corrected chi connectivity index (χ2v) is 6.37. The fourth-order valence-corrected chi connectivity index (χ4v) is 2.64. The Morgan fingerprint density at radius 2 is 1.61 bits per heavy atom. The van der Waals surface area contributed by atoms with E-state index in [2.05, 4.69) is 5.32 Å². The number of carbonyl (C=O) groups is 2. The minimum Gasteiger partial charge on any atom is -0.497 e. The number of methoxy groups -OCH3 is 1. The molecule has 0 atom stereocenters. The van der Waals surface area contributed by atoms with Crippen molar-refractivity contribution in [2.75, 3.05) is 12.4 Å². The minimum absolute atomic E-state index is 0.108. The van der Waals surface area contributed by atoms with Crippen LogP contribution in [0.4, 0.5) is 5.69 Å². The van der Waals surface area contributed by atoms with Crippen LogP contribution in [0.15, 0.2) is 72.8 Å². The summed E-state index contributed by atoms with van der Waals surface area (Å²) in [5.74, 6) is -0.205. The summed E-state index contributed by atoms with van der Waals surface area (Å²) in [4.78, 5) is 25.0. The average Bonchev–Trinajstić information content (AvgIpc) is 2.73. The Morgan fingerprint density at radius 1 is 0.929 bits per heavy atom. The largest absolute Gasteiger partial charge is 0.497 e. The van der Waals surface area contributed by atoms with E-state index in [4.69, 9.17) is 21.1 Å². The minimum atomic E-state index is -0.527. The third-order valence-corrected chi connectivity index (χ3v) is 4.28. The predicted molar refractivity (Wildman–Crippen MR) is 108 cm³/mol. The molecule has 3 rings (SSSR count). The summed E-state index contributed by atoms with van der Waals surface area (Å²) in [5.41, 5.74) is 1.92. The highest BCUT2D eigenvalue weighted by Crippen LogP contribution is 2.19. The zero-order chi connectivity index (χ0) is 19.9. The van der Waals surface area contributed by atoms with Crippen LogP contribution in [0.25, 0.3) is 0 Å². The number of carbonyl (C=O) groups excluding carboxylic acids is 2. The second-order valence-electron chi connectivity index (χ2n) is 5.93. The number of halogens is 1. The zero-order valence-corrected chi connectivity index (χ0v) is 15.9. The number of anilines is 1. The molecule has 0 aliphatic rings. The molecule has 0 aliphatic carbocycles. The lowest BCUT2D eigenvalue weighted by molar-refractivity contribution is 0.0474. The quantitative estimate of drug-likeness (QED) is 0.599. The van der Waals surface area contributed by atoms with Gasteiger partial charge in [-0.25, -0.2) is 4.79 Å². The Kier molecular flexibility index (Phi) is 6.29. The molecule has 0 aromatic heterocycles. The van der Waals surface area contributed by atoms with Gasteiger partial charge in [-0.05, 0) is 54.1 Å². The molecule has 0 saturated carbocycles. The number of para-hydroxylation sites is 1. The summed E-state index contributed by atoms with van der Waals surface area (Å²) in [6.45, 7) is 0.108. The van der Waals surface area contributed by atoms with Gasteiger partial charge in [-0.1, -0.05) is 35.9 Å². The molecule has 0 aliphatic heterocycles. The Bertz CT molecular complexity index is 969. The molecule has 0 saturated heterocycles. The van der Waals surface area contributed by atoms with Crippen molar-refractivity contribution >= 4 is 29.2 Å². The molecule has 6 heteroatoms. The van der Waals surface area contributed by atoms with Gasteiger partial charge in [0.2, 0.25) is 0 Å². The number of esters is 1. The molecular weight excluding hydrogens is 378 g/mol. The summed E-state index contributed by atoms with van der Waals surface area (Å²) in [7, 11) is 1.56. The molecule has 28 heavy (non-hydrogen) atoms. The molecular formula is C22H18ClNO4. The van der Waals surface area contributed by atoms with Crippen LogP contribution in [0.5, 0.6) is 5.75 Å². The summed E-state index contributed by atoms with van der Waals surface area (Å²) < 4.78 is 10.4. The smallest absolute Gasteiger partial charge is 0.340 e. The molecule has 5 nitrogen and oxygen atoms in total. The summed E-state index contributed by atoms with van der Waals surface area (Å²) in [5, 5.41) is 3.37. The second kappa shape index (κ2) is 9.06. The first-order valence-electron chi connectivity index (χ1n) is 8.53. The maximum atomic E-state index is 12.5. The number of nitrogens with one attached hydrogen (secondary N) is 1. The monoisotopic (exact) mass is 395 g/mol. The van der Waals surface area contributed by atoms with Gasteiger partial charge in [0.1, 0.15) is 12.4 Å². The van der Waals surface area contributed by atoms with Gasteiger partial charge in [-0.3, -0.25) is 4.79 Å². The third-order valence-electron chi connectivity index (χ3n) is 4.03. The number of hydrogen-bond donors (Lipinski definition) is 1. The molecule has 0 bridgehead atoms. The van der Waals surface area contributed by atoms with Gasteiger partial charge < -0.3 is 14.8 Å². The molecule has 0 radical (unpaired) electrons. The number of benzene rings is 3. The maximum Gasteiger partial charge on any atom is 0.340 e. The van der Waals surface area contributed by atoms with Gasteiger partial charge in [0.05, 0.1) is 18.4 Å². The van der Waals surface area contributed by atoms with E-state index in [1.807, 2.05) is 0 Å². The van der Waals surface area contributed by atoms with Crippen LogP contribution < -0.4 is 10.1 Å². The van der Waals surface area contributed by atoms with E-state index in [0.717, 1.165) is 5.56 Å². The van der Waals surface area contributed by atoms with Gasteiger partial charge in [-0.2, -0.15) is 0 Å². The summed E-state index contributed by atoms with van der Waals surface area (Å²) in [6, 6.07) is 20.4. The fourth-order valence-electron chi connectivity index (χ4n) is 2.51. The van der Waals surface area contributed by atoms with Crippen LogP contribution in [-0.4, -0.2) is 19.0 Å². The molecule has 1 N–H and O–H groups in total. The lowest BCUT2D eigenvalue weighted by Crippen LogP contribution is -2.15. The van der Waals surface area contributed by atoms with E-state index in [1.54, 1.807) is 79.9 Å². The van der Waals surface area contributed by atoms with Crippen LogP contribution in [-0.2, 0) is 11.3 Å². The first kappa shape index (κ1) is 19.5. The molecule has 0 spiro atoms. The van der Waals surface area contributed by atoms with Gasteiger partial charge in [0.25, 0.3) is 5.91 Å². The van der Waals surface area contributed by atoms with Gasteiger partial charge in [0.15, 0.2) is 0 Å². The molecule has 0 unspecified atom stereocenters. The number of amides is 1. The van der Waals surface area contributed by atoms with E-state index < -0.39 is 5.97 Å². The predicted octanol–water partition coefficient (Wildman–Crippen LogP) is 4.96. The SMILES string of the molecule is COc1ccc(C(=O)Nc2ccccc2C(=O)OCc2ccc(Cl)cc2)cc1. The first-order chi connectivity index (χ1) is 13.6. The molecule has 1 amide bonds. The van der Waals surface area contributed by atoms with Gasteiger partial charge >= 0.3 is 5.97 Å². The number of hydrogen-bond acceptors (Lipinski definition) is 4. The van der Waals surface area contributed by atoms with Crippen LogP contribution >= 0.6 is 11.6 Å². The normalized spacial score (nSPS) is 10.2. The number of ether oxygens (including phenoxy) is 2. The topological polar surface area (TPSA) is 64.6 Å². The van der Waals surface area contributed by atoms with Crippen LogP contribution in [0.3, 0.4) is 0 Å². The molecule has 142 valence electrons. The maximum absolute atomic E-state index is 12.5. The highest BCUT2D eigenvalue weighted by Gasteiger charge is 2.15. The van der Waals surface area contributed by atoms with Crippen molar-refractivity contribution in [3.8, 4) is 5.75 Å². The summed E-state index contributed by atoms with van der Waals surface area (Å²) in [6.07, 6.45) is 0. The highest BCUT2D eigenvalue weighted by molar-refractivity contribution is 6.30. The number of rotatable bonds is 6. The molecule has 0 heterocycles. The van der Waals surface area contributed by atoms with Gasteiger partial charge in [-0.15, -0.1) is 0 Å². The van der Waals surface area contributed by atoms with Crippen molar-refractivity contribution in [1.29, 1.82) is 0 Å². The first-order valence-corrected chi connectivity index (χ1v) is 8.90. The highest BCUT2D eigenvalue weighted by atomic mass is 35.5. The Hall–Kier alpha value is -3.31. The lowest BCUT2D eigenvalue weighted by Gasteiger charge is -2.11. The van der Waals surface area contributed by atoms with Crippen LogP contribution in [0, 0.1) is 0 Å². The zero-order valence-electron chi connectivity index (χ0n) is 15.1. The van der Waals surface area contributed by atoms with Crippen molar-refractivity contribution in [3.63, 3.8) is 0 Å². The van der Waals surface area contributed by atoms with Crippen molar-refractivity contribution in [2.45, 2.75) is 6.61 Å². The molecule has 0 fully saturated rings. The van der Waals surface area contributed by atoms with E-state index in [9.17, 15) is 9.59 Å². The van der Waals surface area contributed by atoms with Crippen molar-refractivity contribution in [3.05, 3.63) is 94.5 Å². The third kappa shape index (κ3) is 4.90. The Morgan fingerprint density at radius 3 is 2.29 bits per heavy atom. The van der Waals surface area contributed by atoms with Crippen molar-refractivity contribution < 1.29 is 19.1 Å². The van der Waals surface area contributed by atoms with Gasteiger partial charge in [0, 0.05) is 10.6 Å². The summed E-state index contributed by atoms with van der Waals surface area (Å²) >= 11 is 5.85. The van der Waals surface area contributed by atoms with Crippen LogP contribution in [0.1, 0.15) is 26.3 Å². The standard InChI is InChI=1S/C22H18ClNO4/c1-27-18-12-8-16(9-13-18)21(25)24-20-5-3-2-4-19(20)22(26)28-14-15-6-10-17(23)11-7-15/h2-13H,14H2,1H3,(H,24,25). The van der Waals surface area contributed by atoms with E-state index >= 15 is 0 Å². The fraction of sp³-hybridized carbons (Fsp3) is 0.0909. The Balaban J connectivity index is 1.70. The van der Waals surface area contributed by atoms with E-state index in [1.165, 1.54) is 0 Å². The van der Waals surface area contributed by atoms with Crippen LogP contribution in [0.2, 0.25) is 5.02 Å². The van der Waals surface area contributed by atoms with Crippen molar-refractivity contribution in [1.82, 2.24) is 0 Å².